The van der Waals surface area contributed by atoms with E-state index < -0.39 is 0 Å². The molecule has 2 aliphatic rings. The first kappa shape index (κ1) is 14.6. The van der Waals surface area contributed by atoms with Crippen LogP contribution >= 0.6 is 0 Å². The number of hydrogen-bond donors (Lipinski definition) is 1. The highest BCUT2D eigenvalue weighted by atomic mass is 16.1. The molecule has 1 N–H and O–H groups in total. The fourth-order valence-corrected chi connectivity index (χ4v) is 4.40. The van der Waals surface area contributed by atoms with Gasteiger partial charge in [0.15, 0.2) is 0 Å². The van der Waals surface area contributed by atoms with Gasteiger partial charge in [-0.15, -0.1) is 0 Å². The molecule has 0 spiro atoms. The van der Waals surface area contributed by atoms with Crippen molar-refractivity contribution in [3.8, 4) is 0 Å². The second kappa shape index (κ2) is 5.82. The maximum atomic E-state index is 12.5. The molecule has 2 saturated carbocycles. The van der Waals surface area contributed by atoms with E-state index in [1.165, 1.54) is 25.7 Å². The van der Waals surface area contributed by atoms with E-state index in [-0.39, 0.29) is 11.9 Å². The van der Waals surface area contributed by atoms with E-state index >= 15 is 0 Å². The second-order valence-electron chi connectivity index (χ2n) is 6.97. The average molecular weight is 289 g/mol. The molecule has 4 nitrogen and oxygen atoms in total. The number of carbonyl (C=O) groups excluding carboxylic acids is 1. The topological polar surface area (TPSA) is 46.9 Å². The molecule has 0 radical (unpaired) electrons. The molecule has 3 rings (SSSR count). The lowest BCUT2D eigenvalue weighted by molar-refractivity contribution is 0.0914. The third-order valence-electron chi connectivity index (χ3n) is 5.58. The summed E-state index contributed by atoms with van der Waals surface area (Å²) >= 11 is 0. The number of fused-ring (bicyclic) bond motifs is 2. The zero-order valence-corrected chi connectivity index (χ0v) is 13.4. The molecule has 2 bridgehead atoms. The van der Waals surface area contributed by atoms with Gasteiger partial charge in [0, 0.05) is 18.3 Å². The number of aryl methyl sites for hydroxylation is 1. The highest BCUT2D eigenvalue weighted by molar-refractivity contribution is 5.95. The molecule has 1 aromatic rings. The predicted molar refractivity (Wildman–Crippen MR) is 83.1 cm³/mol. The van der Waals surface area contributed by atoms with Crippen molar-refractivity contribution in [2.24, 2.45) is 17.8 Å². The number of aromatic nitrogens is 2. The van der Waals surface area contributed by atoms with Crippen molar-refractivity contribution >= 4 is 5.91 Å². The van der Waals surface area contributed by atoms with Crippen molar-refractivity contribution in [2.45, 2.75) is 65.5 Å². The standard InChI is InChI=1S/C17H27N3O/c1-4-7-20-12(3)16(10-18-20)17(21)19-11(2)15-9-13-5-6-14(15)8-13/h10-11,13-15H,4-9H2,1-3H3,(H,19,21)/t11-,13-,14-,15-/m0/s1. The van der Waals surface area contributed by atoms with E-state index in [4.69, 9.17) is 0 Å². The molecule has 116 valence electrons. The van der Waals surface area contributed by atoms with Crippen molar-refractivity contribution in [1.29, 1.82) is 0 Å². The molecule has 0 aromatic carbocycles. The molecule has 4 atom stereocenters. The van der Waals surface area contributed by atoms with Gasteiger partial charge in [0.05, 0.1) is 11.8 Å². The van der Waals surface area contributed by atoms with Crippen molar-refractivity contribution in [3.05, 3.63) is 17.5 Å². The fourth-order valence-electron chi connectivity index (χ4n) is 4.40. The minimum atomic E-state index is 0.0464. The molecular formula is C17H27N3O. The Kier molecular flexibility index (Phi) is 4.05. The number of amides is 1. The summed E-state index contributed by atoms with van der Waals surface area (Å²) in [5.74, 6) is 2.49. The Labute approximate surface area is 127 Å². The summed E-state index contributed by atoms with van der Waals surface area (Å²) in [6, 6.07) is 0.279. The van der Waals surface area contributed by atoms with E-state index in [1.807, 2.05) is 11.6 Å². The number of hydrogen-bond acceptors (Lipinski definition) is 2. The Morgan fingerprint density at radius 3 is 2.90 bits per heavy atom. The maximum absolute atomic E-state index is 12.5. The summed E-state index contributed by atoms with van der Waals surface area (Å²) in [6.07, 6.45) is 8.21. The van der Waals surface area contributed by atoms with Crippen LogP contribution in [0.25, 0.3) is 0 Å². The van der Waals surface area contributed by atoms with E-state index in [0.717, 1.165) is 36.1 Å². The van der Waals surface area contributed by atoms with Crippen molar-refractivity contribution in [3.63, 3.8) is 0 Å². The average Bonchev–Trinajstić information content (AvgIpc) is 3.15. The lowest BCUT2D eigenvalue weighted by Crippen LogP contribution is -2.40. The first-order valence-electron chi connectivity index (χ1n) is 8.43. The summed E-state index contributed by atoms with van der Waals surface area (Å²) in [6.45, 7) is 7.16. The SMILES string of the molecule is CCCn1ncc(C(=O)N[C@@H](C)[C@@H]2C[C@H]3CC[C@H]2C3)c1C. The summed E-state index contributed by atoms with van der Waals surface area (Å²) < 4.78 is 1.93. The Morgan fingerprint density at radius 2 is 2.29 bits per heavy atom. The molecular weight excluding hydrogens is 262 g/mol. The smallest absolute Gasteiger partial charge is 0.254 e. The molecule has 4 heteroatoms. The molecule has 0 aliphatic heterocycles. The van der Waals surface area contributed by atoms with Crippen LogP contribution in [0.1, 0.15) is 62.0 Å². The normalized spacial score (nSPS) is 28.8. The largest absolute Gasteiger partial charge is 0.349 e. The summed E-state index contributed by atoms with van der Waals surface area (Å²) in [5, 5.41) is 7.55. The van der Waals surface area contributed by atoms with Crippen LogP contribution in [-0.4, -0.2) is 21.7 Å². The Bertz CT molecular complexity index is 522. The van der Waals surface area contributed by atoms with E-state index in [0.29, 0.717) is 5.92 Å². The summed E-state index contributed by atoms with van der Waals surface area (Å²) in [5.41, 5.74) is 1.72. The van der Waals surface area contributed by atoms with Crippen LogP contribution in [-0.2, 0) is 6.54 Å². The maximum Gasteiger partial charge on any atom is 0.254 e. The van der Waals surface area contributed by atoms with Crippen LogP contribution in [0.2, 0.25) is 0 Å². The van der Waals surface area contributed by atoms with Crippen molar-refractivity contribution in [1.82, 2.24) is 15.1 Å². The van der Waals surface area contributed by atoms with Gasteiger partial charge in [0.25, 0.3) is 5.91 Å². The Morgan fingerprint density at radius 1 is 1.48 bits per heavy atom. The summed E-state index contributed by atoms with van der Waals surface area (Å²) in [4.78, 5) is 12.5. The van der Waals surface area contributed by atoms with Gasteiger partial charge in [0.1, 0.15) is 0 Å². The zero-order valence-electron chi connectivity index (χ0n) is 13.4. The van der Waals surface area contributed by atoms with Gasteiger partial charge >= 0.3 is 0 Å². The Balaban J connectivity index is 1.63. The van der Waals surface area contributed by atoms with Crippen molar-refractivity contribution in [2.75, 3.05) is 0 Å². The lowest BCUT2D eigenvalue weighted by atomic mass is 9.84. The van der Waals surface area contributed by atoms with Crippen molar-refractivity contribution < 1.29 is 4.79 Å². The van der Waals surface area contributed by atoms with Gasteiger partial charge in [0.2, 0.25) is 0 Å². The van der Waals surface area contributed by atoms with Crippen LogP contribution in [0.5, 0.6) is 0 Å². The molecule has 0 saturated heterocycles. The van der Waals surface area contributed by atoms with Gasteiger partial charge in [-0.1, -0.05) is 13.3 Å². The number of nitrogens with one attached hydrogen (secondary N) is 1. The molecule has 2 fully saturated rings. The van der Waals surface area contributed by atoms with Crippen LogP contribution in [0, 0.1) is 24.7 Å². The van der Waals surface area contributed by atoms with Gasteiger partial charge in [-0.05, 0) is 57.3 Å². The van der Waals surface area contributed by atoms with E-state index in [1.54, 1.807) is 6.20 Å². The monoisotopic (exact) mass is 289 g/mol. The van der Waals surface area contributed by atoms with E-state index in [2.05, 4.69) is 24.3 Å². The zero-order chi connectivity index (χ0) is 15.0. The molecule has 2 aliphatic carbocycles. The predicted octanol–water partition coefficient (Wildman–Crippen LogP) is 3.16. The van der Waals surface area contributed by atoms with Crippen LogP contribution < -0.4 is 5.32 Å². The highest BCUT2D eigenvalue weighted by Gasteiger charge is 2.42. The van der Waals surface area contributed by atoms with Gasteiger partial charge < -0.3 is 5.32 Å². The number of nitrogens with zero attached hydrogens (tertiary/aromatic N) is 2. The first-order valence-corrected chi connectivity index (χ1v) is 8.43. The first-order chi connectivity index (χ1) is 10.1. The molecule has 1 amide bonds. The second-order valence-corrected chi connectivity index (χ2v) is 6.97. The minimum Gasteiger partial charge on any atom is -0.349 e. The minimum absolute atomic E-state index is 0.0464. The van der Waals surface area contributed by atoms with Gasteiger partial charge in [-0.25, -0.2) is 0 Å². The highest BCUT2D eigenvalue weighted by Crippen LogP contribution is 2.49. The van der Waals surface area contributed by atoms with Gasteiger partial charge in [-0.3, -0.25) is 9.48 Å². The molecule has 0 unspecified atom stereocenters. The quantitative estimate of drug-likeness (QED) is 0.905. The third kappa shape index (κ3) is 2.72. The lowest BCUT2D eigenvalue weighted by Gasteiger charge is -2.28. The van der Waals surface area contributed by atoms with Gasteiger partial charge in [-0.2, -0.15) is 5.10 Å². The molecule has 1 aromatic heterocycles. The summed E-state index contributed by atoms with van der Waals surface area (Å²) in [7, 11) is 0. The Hall–Kier alpha value is -1.32. The fraction of sp³-hybridized carbons (Fsp3) is 0.765. The number of rotatable bonds is 5. The molecule has 21 heavy (non-hydrogen) atoms. The third-order valence-corrected chi connectivity index (χ3v) is 5.58. The van der Waals surface area contributed by atoms with E-state index in [9.17, 15) is 4.79 Å². The number of carbonyl (C=O) groups is 1. The van der Waals surface area contributed by atoms with Crippen LogP contribution in [0.4, 0.5) is 0 Å². The van der Waals surface area contributed by atoms with Crippen LogP contribution in [0.3, 0.4) is 0 Å². The van der Waals surface area contributed by atoms with Crippen LogP contribution in [0.15, 0.2) is 6.20 Å². The molecule has 1 heterocycles.